The molecular weight excluding hydrogens is 757 g/mol. The van der Waals surface area contributed by atoms with E-state index in [-0.39, 0.29) is 41.4 Å². The Morgan fingerprint density at radius 1 is 0.926 bits per heavy atom. The minimum absolute atomic E-state index is 0.173. The van der Waals surface area contributed by atoms with Gasteiger partial charge in [0, 0.05) is 17.1 Å². The highest BCUT2D eigenvalue weighted by Gasteiger charge is 2.57. The Morgan fingerprint density at radius 3 is 2.15 bits per heavy atom. The number of phenols is 1. The molecule has 0 bridgehead atoms. The number of hydrogen-bond acceptors (Lipinski definition) is 6. The minimum atomic E-state index is -2.96. The van der Waals surface area contributed by atoms with Gasteiger partial charge in [-0.05, 0) is 93.5 Å². The van der Waals surface area contributed by atoms with Gasteiger partial charge < -0.3 is 19.2 Å². The van der Waals surface area contributed by atoms with E-state index in [9.17, 15) is 19.7 Å². The van der Waals surface area contributed by atoms with Crippen LogP contribution in [-0.2, 0) is 18.7 Å². The van der Waals surface area contributed by atoms with E-state index in [1.165, 1.54) is 4.90 Å². The summed E-state index contributed by atoms with van der Waals surface area (Å²) >= 11 is 3.54. The number of nitrogens with zero attached hydrogens (tertiary/aromatic N) is 1. The maximum Gasteiger partial charge on any atom is 0.455 e. The van der Waals surface area contributed by atoms with Crippen LogP contribution < -0.4 is 10.4 Å². The summed E-state index contributed by atoms with van der Waals surface area (Å²) in [4.78, 5) is 28.7. The average molecular weight is 805 g/mol. The van der Waals surface area contributed by atoms with E-state index >= 15 is 0 Å². The number of likely N-dealkylation sites (tertiary alicyclic amines) is 1. The van der Waals surface area contributed by atoms with Crippen molar-refractivity contribution in [1.29, 1.82) is 0 Å². The zero-order chi connectivity index (χ0) is 38.2. The standard InChI is InChI=1S/C44H47BBrNO6Si/c1-44(2,3)54(34-16-10-6-11-17-34,35-18-12-7-13-19-35)52-28-32-26-36-41(43(50)47(4)42(36)49)37-27-45(51)53-39(40(32)37)23-20-30(29-14-8-5-9-15-29)24-31-25-33(46)21-22-38(31)48/h5-19,21-22,24-25,36-37,39,41,48,51H,20,23,26-28H2,1-4H3/b30-24-/t36-,37+,39-,41-/m1/s1. The number of allylic oxidation sites excluding steroid dienone is 1. The quantitative estimate of drug-likeness (QED) is 0.0748. The maximum absolute atomic E-state index is 13.8. The van der Waals surface area contributed by atoms with Gasteiger partial charge in [-0.2, -0.15) is 0 Å². The smallest absolute Gasteiger partial charge is 0.455 e. The van der Waals surface area contributed by atoms with Crippen molar-refractivity contribution in [2.45, 2.75) is 57.5 Å². The van der Waals surface area contributed by atoms with Crippen LogP contribution in [0.4, 0.5) is 0 Å². The maximum atomic E-state index is 13.8. The molecule has 2 fully saturated rings. The molecule has 10 heteroatoms. The van der Waals surface area contributed by atoms with Crippen molar-refractivity contribution in [1.82, 2.24) is 4.90 Å². The van der Waals surface area contributed by atoms with E-state index in [2.05, 4.69) is 85.2 Å². The molecule has 2 heterocycles. The van der Waals surface area contributed by atoms with Gasteiger partial charge in [0.15, 0.2) is 0 Å². The lowest BCUT2D eigenvalue weighted by atomic mass is 9.58. The molecule has 0 saturated carbocycles. The molecule has 7 nitrogen and oxygen atoms in total. The first-order chi connectivity index (χ1) is 25.9. The van der Waals surface area contributed by atoms with Crippen LogP contribution in [-0.4, -0.2) is 62.0 Å². The second-order valence-electron chi connectivity index (χ2n) is 15.8. The van der Waals surface area contributed by atoms with Crippen molar-refractivity contribution >= 4 is 65.2 Å². The number of aromatic hydroxyl groups is 1. The first-order valence-corrected chi connectivity index (χ1v) is 21.5. The first-order valence-electron chi connectivity index (χ1n) is 18.8. The van der Waals surface area contributed by atoms with Crippen LogP contribution in [0.5, 0.6) is 5.75 Å². The molecular formula is C44H47BBrNO6Si. The van der Waals surface area contributed by atoms with Gasteiger partial charge in [-0.3, -0.25) is 14.5 Å². The Morgan fingerprint density at radius 2 is 1.54 bits per heavy atom. The highest BCUT2D eigenvalue weighted by Crippen LogP contribution is 2.51. The topological polar surface area (TPSA) is 96.3 Å². The number of halogens is 1. The normalized spacial score (nSPS) is 22.1. The van der Waals surface area contributed by atoms with E-state index in [0.29, 0.717) is 24.8 Å². The zero-order valence-electron chi connectivity index (χ0n) is 31.2. The molecule has 4 atom stereocenters. The van der Waals surface area contributed by atoms with Gasteiger partial charge in [-0.1, -0.05) is 128 Å². The number of carbonyl (C=O) groups is 2. The highest BCUT2D eigenvalue weighted by atomic mass is 79.9. The van der Waals surface area contributed by atoms with Crippen molar-refractivity contribution < 1.29 is 28.8 Å². The molecule has 0 spiro atoms. The lowest BCUT2D eigenvalue weighted by Crippen LogP contribution is -2.66. The van der Waals surface area contributed by atoms with E-state index in [1.807, 2.05) is 54.6 Å². The second-order valence-corrected chi connectivity index (χ2v) is 21.0. The number of imide groups is 1. The van der Waals surface area contributed by atoms with Gasteiger partial charge in [0.2, 0.25) is 11.8 Å². The molecule has 54 heavy (non-hydrogen) atoms. The largest absolute Gasteiger partial charge is 0.507 e. The van der Waals surface area contributed by atoms with Crippen molar-refractivity contribution in [3.63, 3.8) is 0 Å². The van der Waals surface area contributed by atoms with Gasteiger partial charge >= 0.3 is 7.12 Å². The molecule has 0 aromatic heterocycles. The molecule has 2 N–H and O–H groups in total. The Labute approximate surface area is 328 Å². The summed E-state index contributed by atoms with van der Waals surface area (Å²) in [5.41, 5.74) is 4.65. The zero-order valence-corrected chi connectivity index (χ0v) is 33.8. The number of phenolic OH excluding ortho intramolecular Hbond substituents is 1. The summed E-state index contributed by atoms with van der Waals surface area (Å²) in [6.07, 6.45) is 3.18. The third kappa shape index (κ3) is 7.22. The lowest BCUT2D eigenvalue weighted by Gasteiger charge is -2.46. The third-order valence-electron chi connectivity index (χ3n) is 11.5. The third-order valence-corrected chi connectivity index (χ3v) is 17.0. The number of carbonyl (C=O) groups excluding carboxylic acids is 2. The summed E-state index contributed by atoms with van der Waals surface area (Å²) in [6.45, 7) is 7.01. The Balaban J connectivity index is 1.32. The monoisotopic (exact) mass is 803 g/mol. The number of amides is 2. The van der Waals surface area contributed by atoms with E-state index in [4.69, 9.17) is 9.08 Å². The summed E-state index contributed by atoms with van der Waals surface area (Å²) in [6, 6.07) is 36.4. The molecule has 0 radical (unpaired) electrons. The molecule has 0 unspecified atom stereocenters. The van der Waals surface area contributed by atoms with Crippen molar-refractivity contribution in [3.05, 3.63) is 136 Å². The fourth-order valence-corrected chi connectivity index (χ4v) is 14.0. The fourth-order valence-electron chi connectivity index (χ4n) is 9.08. The van der Waals surface area contributed by atoms with Gasteiger partial charge in [-0.15, -0.1) is 0 Å². The number of hydrogen-bond donors (Lipinski definition) is 2. The van der Waals surface area contributed by atoms with Gasteiger partial charge in [0.1, 0.15) is 5.75 Å². The predicted molar refractivity (Wildman–Crippen MR) is 220 cm³/mol. The van der Waals surface area contributed by atoms with Crippen LogP contribution >= 0.6 is 15.9 Å². The van der Waals surface area contributed by atoms with Crippen LogP contribution in [0.2, 0.25) is 11.4 Å². The minimum Gasteiger partial charge on any atom is -0.507 e. The van der Waals surface area contributed by atoms with Crippen molar-refractivity contribution in [2.24, 2.45) is 17.8 Å². The van der Waals surface area contributed by atoms with E-state index in [0.717, 1.165) is 37.1 Å². The van der Waals surface area contributed by atoms with Crippen LogP contribution in [0.25, 0.3) is 11.6 Å². The predicted octanol–water partition coefficient (Wildman–Crippen LogP) is 7.48. The van der Waals surface area contributed by atoms with Gasteiger partial charge in [0.05, 0.1) is 24.5 Å². The summed E-state index contributed by atoms with van der Waals surface area (Å²) in [7, 11) is -2.48. The molecule has 2 saturated heterocycles. The van der Waals surface area contributed by atoms with Gasteiger partial charge in [-0.25, -0.2) is 0 Å². The summed E-state index contributed by atoms with van der Waals surface area (Å²) < 4.78 is 14.8. The fraction of sp³-hybridized carbons (Fsp3) is 0.318. The number of benzene rings is 4. The van der Waals surface area contributed by atoms with Crippen LogP contribution in [0, 0.1) is 17.8 Å². The van der Waals surface area contributed by atoms with E-state index in [1.54, 1.807) is 19.2 Å². The summed E-state index contributed by atoms with van der Waals surface area (Å²) in [5.74, 6) is -1.63. The first kappa shape index (κ1) is 38.2. The molecule has 4 aromatic rings. The summed E-state index contributed by atoms with van der Waals surface area (Å²) in [5, 5.41) is 24.1. The average Bonchev–Trinajstić information content (AvgIpc) is 3.38. The molecule has 7 rings (SSSR count). The number of rotatable bonds is 10. The molecule has 4 aromatic carbocycles. The van der Waals surface area contributed by atoms with Crippen LogP contribution in [0.15, 0.2) is 125 Å². The van der Waals surface area contributed by atoms with Crippen molar-refractivity contribution in [2.75, 3.05) is 13.7 Å². The molecule has 1 aliphatic carbocycles. The van der Waals surface area contributed by atoms with Gasteiger partial charge in [0.25, 0.3) is 8.32 Å². The SMILES string of the molecule is CN1C(=O)[C@@H]2[C@@H](CC(CO[Si](c3ccccc3)(c3ccccc3)C(C)(C)C)=C3[C@@H](CC/C(=C/c4cc(Br)ccc4O)c4ccccc4)OB(O)C[C@@H]32)C1=O. The Kier molecular flexibility index (Phi) is 11.0. The highest BCUT2D eigenvalue weighted by molar-refractivity contribution is 9.10. The Hall–Kier alpha value is -4.06. The van der Waals surface area contributed by atoms with E-state index < -0.39 is 33.4 Å². The van der Waals surface area contributed by atoms with Crippen LogP contribution in [0.1, 0.15) is 51.2 Å². The molecule has 2 aliphatic heterocycles. The molecule has 278 valence electrons. The molecule has 3 aliphatic rings. The second kappa shape index (κ2) is 15.6. The van der Waals surface area contributed by atoms with Crippen molar-refractivity contribution in [3.8, 4) is 5.75 Å². The number of fused-ring (bicyclic) bond motifs is 3. The van der Waals surface area contributed by atoms with Crippen LogP contribution in [0.3, 0.4) is 0 Å². The Bertz CT molecular complexity index is 2030. The molecule has 2 amide bonds. The lowest BCUT2D eigenvalue weighted by molar-refractivity contribution is -0.138.